The monoisotopic (exact) mass is 379 g/mol. The number of carbonyl (C=O) groups is 1. The van der Waals surface area contributed by atoms with E-state index >= 15 is 0 Å². The molecule has 1 saturated heterocycles. The molecule has 2 aromatic heterocycles. The zero-order valence-corrected chi connectivity index (χ0v) is 15.5. The number of aromatic nitrogens is 4. The van der Waals surface area contributed by atoms with Crippen molar-refractivity contribution in [1.82, 2.24) is 25.3 Å². The molecule has 1 aliphatic rings. The third-order valence-electron chi connectivity index (χ3n) is 4.69. The molecule has 0 bridgehead atoms. The molecule has 1 atom stereocenters. The third kappa shape index (κ3) is 3.80. The zero-order valence-electron chi connectivity index (χ0n) is 15.5. The Bertz CT molecular complexity index is 944. The average molecular weight is 379 g/mol. The van der Waals surface area contributed by atoms with Gasteiger partial charge in [-0.25, -0.2) is 0 Å². The first kappa shape index (κ1) is 18.0. The van der Waals surface area contributed by atoms with E-state index < -0.39 is 0 Å². The molecule has 1 fully saturated rings. The topological polar surface area (TPSA) is 93.2 Å². The van der Waals surface area contributed by atoms with Crippen LogP contribution in [0.2, 0.25) is 0 Å². The summed E-state index contributed by atoms with van der Waals surface area (Å²) in [6.45, 7) is 1.18. The molecule has 3 heterocycles. The van der Waals surface area contributed by atoms with Crippen molar-refractivity contribution in [3.8, 4) is 22.9 Å². The van der Waals surface area contributed by atoms with Crippen LogP contribution in [-0.2, 0) is 0 Å². The molecule has 1 amide bonds. The molecule has 0 radical (unpaired) electrons. The number of methoxy groups -OCH3 is 1. The average Bonchev–Trinajstić information content (AvgIpc) is 3.24. The van der Waals surface area contributed by atoms with Crippen molar-refractivity contribution in [2.75, 3.05) is 20.2 Å². The second-order valence-electron chi connectivity index (χ2n) is 6.56. The van der Waals surface area contributed by atoms with Crippen LogP contribution in [0.15, 0.2) is 48.7 Å². The number of hydrogen-bond donors (Lipinski definition) is 1. The minimum absolute atomic E-state index is 0.0962. The SMILES string of the molecule is COc1ccccc1-c1cc(C(=O)N2CCCC(Oc3cccnn3)C2)[nH]n1. The molecule has 144 valence electrons. The summed E-state index contributed by atoms with van der Waals surface area (Å²) in [7, 11) is 1.61. The lowest BCUT2D eigenvalue weighted by Gasteiger charge is -2.32. The van der Waals surface area contributed by atoms with Gasteiger partial charge in [0.05, 0.1) is 19.3 Å². The van der Waals surface area contributed by atoms with Gasteiger partial charge < -0.3 is 14.4 Å². The molecule has 4 rings (SSSR count). The fourth-order valence-corrected chi connectivity index (χ4v) is 3.34. The largest absolute Gasteiger partial charge is 0.496 e. The number of para-hydroxylation sites is 1. The van der Waals surface area contributed by atoms with Crippen molar-refractivity contribution in [3.63, 3.8) is 0 Å². The summed E-state index contributed by atoms with van der Waals surface area (Å²) in [4.78, 5) is 14.7. The molecule has 3 aromatic rings. The van der Waals surface area contributed by atoms with Crippen LogP contribution in [0.25, 0.3) is 11.3 Å². The molecule has 0 spiro atoms. The van der Waals surface area contributed by atoms with Crippen LogP contribution >= 0.6 is 0 Å². The second kappa shape index (κ2) is 8.08. The molecule has 0 saturated carbocycles. The van der Waals surface area contributed by atoms with Crippen LogP contribution in [0.4, 0.5) is 0 Å². The number of rotatable bonds is 5. The van der Waals surface area contributed by atoms with Crippen molar-refractivity contribution in [2.24, 2.45) is 0 Å². The van der Waals surface area contributed by atoms with Crippen LogP contribution in [0.1, 0.15) is 23.3 Å². The minimum Gasteiger partial charge on any atom is -0.496 e. The van der Waals surface area contributed by atoms with Gasteiger partial charge in [0.25, 0.3) is 5.91 Å². The summed E-state index contributed by atoms with van der Waals surface area (Å²) in [5, 5.41) is 14.9. The maximum absolute atomic E-state index is 12.9. The molecule has 1 unspecified atom stereocenters. The van der Waals surface area contributed by atoms with Gasteiger partial charge in [0.15, 0.2) is 0 Å². The van der Waals surface area contributed by atoms with Gasteiger partial charge in [-0.05, 0) is 37.1 Å². The Morgan fingerprint density at radius 1 is 1.25 bits per heavy atom. The molecular weight excluding hydrogens is 358 g/mol. The number of piperidine rings is 1. The van der Waals surface area contributed by atoms with Crippen LogP contribution in [0.5, 0.6) is 11.6 Å². The van der Waals surface area contributed by atoms with Crippen LogP contribution in [0, 0.1) is 0 Å². The van der Waals surface area contributed by atoms with E-state index in [1.807, 2.05) is 24.3 Å². The van der Waals surface area contributed by atoms with E-state index in [1.54, 1.807) is 36.4 Å². The minimum atomic E-state index is -0.106. The molecule has 1 aromatic carbocycles. The number of benzene rings is 1. The molecule has 0 aliphatic carbocycles. The number of likely N-dealkylation sites (tertiary alicyclic amines) is 1. The third-order valence-corrected chi connectivity index (χ3v) is 4.69. The predicted molar refractivity (Wildman–Crippen MR) is 102 cm³/mol. The Balaban J connectivity index is 1.46. The highest BCUT2D eigenvalue weighted by atomic mass is 16.5. The molecule has 1 N–H and O–H groups in total. The number of aromatic amines is 1. The van der Waals surface area contributed by atoms with E-state index in [9.17, 15) is 4.79 Å². The van der Waals surface area contributed by atoms with Gasteiger partial charge in [0.2, 0.25) is 5.88 Å². The lowest BCUT2D eigenvalue weighted by molar-refractivity contribution is 0.0520. The van der Waals surface area contributed by atoms with E-state index in [1.165, 1.54) is 0 Å². The summed E-state index contributed by atoms with van der Waals surface area (Å²) in [5.74, 6) is 1.09. The van der Waals surface area contributed by atoms with Crippen molar-refractivity contribution >= 4 is 5.91 Å². The summed E-state index contributed by atoms with van der Waals surface area (Å²) in [5.41, 5.74) is 1.95. The summed E-state index contributed by atoms with van der Waals surface area (Å²) < 4.78 is 11.2. The summed E-state index contributed by atoms with van der Waals surface area (Å²) in [6.07, 6.45) is 3.23. The van der Waals surface area contributed by atoms with Gasteiger partial charge in [0, 0.05) is 24.4 Å². The fraction of sp³-hybridized carbons (Fsp3) is 0.300. The number of carbonyl (C=O) groups excluding carboxylic acids is 1. The Labute approximate surface area is 162 Å². The Morgan fingerprint density at radius 2 is 2.14 bits per heavy atom. The van der Waals surface area contributed by atoms with E-state index in [0.717, 1.165) is 18.4 Å². The highest BCUT2D eigenvalue weighted by Crippen LogP contribution is 2.28. The van der Waals surface area contributed by atoms with Crippen LogP contribution in [-0.4, -0.2) is 57.5 Å². The lowest BCUT2D eigenvalue weighted by atomic mass is 10.1. The van der Waals surface area contributed by atoms with Gasteiger partial charge >= 0.3 is 0 Å². The van der Waals surface area contributed by atoms with Crippen molar-refractivity contribution in [2.45, 2.75) is 18.9 Å². The quantitative estimate of drug-likeness (QED) is 0.732. The van der Waals surface area contributed by atoms with Crippen molar-refractivity contribution in [3.05, 3.63) is 54.4 Å². The first-order valence-corrected chi connectivity index (χ1v) is 9.17. The molecule has 8 heteroatoms. The van der Waals surface area contributed by atoms with Crippen molar-refractivity contribution < 1.29 is 14.3 Å². The Kier molecular flexibility index (Phi) is 5.18. The Morgan fingerprint density at radius 3 is 2.96 bits per heavy atom. The first-order valence-electron chi connectivity index (χ1n) is 9.17. The number of amides is 1. The van der Waals surface area contributed by atoms with Gasteiger partial charge in [0.1, 0.15) is 17.5 Å². The number of hydrogen-bond acceptors (Lipinski definition) is 6. The summed E-state index contributed by atoms with van der Waals surface area (Å²) >= 11 is 0. The highest BCUT2D eigenvalue weighted by molar-refractivity contribution is 5.93. The highest BCUT2D eigenvalue weighted by Gasteiger charge is 2.27. The van der Waals surface area contributed by atoms with E-state index in [2.05, 4.69) is 20.4 Å². The maximum Gasteiger partial charge on any atom is 0.272 e. The standard InChI is InChI=1S/C20H21N5O3/c1-27-18-8-3-2-7-15(18)16-12-17(23-22-16)20(26)25-11-5-6-14(13-25)28-19-9-4-10-21-24-19/h2-4,7-10,12,14H,5-6,11,13H2,1H3,(H,22,23). The molecule has 1 aliphatic heterocycles. The number of ether oxygens (including phenoxy) is 2. The Hall–Kier alpha value is -3.42. The second-order valence-corrected chi connectivity index (χ2v) is 6.56. The molecule has 28 heavy (non-hydrogen) atoms. The first-order chi connectivity index (χ1) is 13.7. The van der Waals surface area contributed by atoms with E-state index in [4.69, 9.17) is 9.47 Å². The van der Waals surface area contributed by atoms with Gasteiger partial charge in [-0.15, -0.1) is 5.10 Å². The molecular formula is C20H21N5O3. The lowest BCUT2D eigenvalue weighted by Crippen LogP contribution is -2.44. The number of H-pyrrole nitrogens is 1. The van der Waals surface area contributed by atoms with Crippen LogP contribution in [0.3, 0.4) is 0 Å². The van der Waals surface area contributed by atoms with E-state index in [0.29, 0.717) is 36.1 Å². The van der Waals surface area contributed by atoms with Gasteiger partial charge in [-0.2, -0.15) is 10.2 Å². The smallest absolute Gasteiger partial charge is 0.272 e. The van der Waals surface area contributed by atoms with Gasteiger partial charge in [-0.3, -0.25) is 9.89 Å². The van der Waals surface area contributed by atoms with Gasteiger partial charge in [-0.1, -0.05) is 12.1 Å². The van der Waals surface area contributed by atoms with E-state index in [-0.39, 0.29) is 12.0 Å². The zero-order chi connectivity index (χ0) is 19.3. The predicted octanol–water partition coefficient (Wildman–Crippen LogP) is 2.56. The number of nitrogens with zero attached hydrogens (tertiary/aromatic N) is 4. The normalized spacial score (nSPS) is 16.6. The summed E-state index contributed by atoms with van der Waals surface area (Å²) in [6, 6.07) is 12.9. The molecule has 8 nitrogen and oxygen atoms in total. The van der Waals surface area contributed by atoms with Crippen molar-refractivity contribution in [1.29, 1.82) is 0 Å². The number of nitrogens with one attached hydrogen (secondary N) is 1. The van der Waals surface area contributed by atoms with Crippen LogP contribution < -0.4 is 9.47 Å². The maximum atomic E-state index is 12.9. The fourth-order valence-electron chi connectivity index (χ4n) is 3.34.